The fourth-order valence-electron chi connectivity index (χ4n) is 3.92. The molecule has 1 spiro atoms. The molecule has 1 aromatic rings. The molecule has 3 aliphatic heterocycles. The Morgan fingerprint density at radius 2 is 2.00 bits per heavy atom. The van der Waals surface area contributed by atoms with Crippen LogP contribution in [0.15, 0.2) is 30.3 Å². The Morgan fingerprint density at radius 1 is 1.14 bits per heavy atom. The quantitative estimate of drug-likeness (QED) is 0.800. The summed E-state index contributed by atoms with van der Waals surface area (Å²) in [6.07, 6.45) is 5.28. The second kappa shape index (κ2) is 5.60. The van der Waals surface area contributed by atoms with Gasteiger partial charge in [-0.05, 0) is 44.1 Å². The van der Waals surface area contributed by atoms with Gasteiger partial charge in [0, 0.05) is 6.42 Å². The summed E-state index contributed by atoms with van der Waals surface area (Å²) in [5.41, 5.74) is 0.989. The average Bonchev–Trinajstić information content (AvgIpc) is 2.80. The SMILES string of the molecule is C[C@@]12CC[C@H]3C[C@@H](OCc4ccccc4)CC[C@]3(CO1)OO2. The van der Waals surface area contributed by atoms with E-state index in [1.165, 1.54) is 5.56 Å². The summed E-state index contributed by atoms with van der Waals surface area (Å²) in [6.45, 7) is 3.32. The molecule has 1 saturated carbocycles. The van der Waals surface area contributed by atoms with Crippen molar-refractivity contribution in [3.8, 4) is 0 Å². The molecule has 5 rings (SSSR count). The first-order chi connectivity index (χ1) is 10.7. The van der Waals surface area contributed by atoms with Crippen LogP contribution >= 0.6 is 0 Å². The van der Waals surface area contributed by atoms with Gasteiger partial charge in [-0.25, -0.2) is 9.78 Å². The maximum atomic E-state index is 6.15. The van der Waals surface area contributed by atoms with E-state index in [9.17, 15) is 0 Å². The Hall–Kier alpha value is -0.940. The highest BCUT2D eigenvalue weighted by molar-refractivity contribution is 5.13. The summed E-state index contributed by atoms with van der Waals surface area (Å²) in [4.78, 5) is 11.4. The van der Waals surface area contributed by atoms with E-state index in [1.54, 1.807) is 0 Å². The Balaban J connectivity index is 1.39. The lowest BCUT2D eigenvalue weighted by Gasteiger charge is -2.46. The highest BCUT2D eigenvalue weighted by Gasteiger charge is 2.55. The van der Waals surface area contributed by atoms with Crippen LogP contribution in [-0.4, -0.2) is 24.1 Å². The molecule has 0 aromatic heterocycles. The fourth-order valence-corrected chi connectivity index (χ4v) is 3.92. The van der Waals surface area contributed by atoms with E-state index >= 15 is 0 Å². The molecule has 0 N–H and O–H groups in total. The van der Waals surface area contributed by atoms with Gasteiger partial charge in [0.2, 0.25) is 0 Å². The lowest BCUT2D eigenvalue weighted by Crippen LogP contribution is -2.54. The summed E-state index contributed by atoms with van der Waals surface area (Å²) < 4.78 is 12.1. The van der Waals surface area contributed by atoms with Crippen molar-refractivity contribution >= 4 is 0 Å². The summed E-state index contributed by atoms with van der Waals surface area (Å²) in [5, 5.41) is 0. The van der Waals surface area contributed by atoms with Crippen LogP contribution < -0.4 is 0 Å². The van der Waals surface area contributed by atoms with Gasteiger partial charge >= 0.3 is 0 Å². The van der Waals surface area contributed by atoms with Crippen LogP contribution in [0.2, 0.25) is 0 Å². The molecule has 120 valence electrons. The molecule has 4 atom stereocenters. The normalized spacial score (nSPS) is 41.0. The minimum atomic E-state index is -0.553. The monoisotopic (exact) mass is 304 g/mol. The Morgan fingerprint density at radius 3 is 2.77 bits per heavy atom. The predicted molar refractivity (Wildman–Crippen MR) is 80.9 cm³/mol. The molecular weight excluding hydrogens is 280 g/mol. The van der Waals surface area contributed by atoms with Gasteiger partial charge in [-0.1, -0.05) is 30.3 Å². The molecule has 4 nitrogen and oxygen atoms in total. The van der Waals surface area contributed by atoms with Crippen LogP contribution in [-0.2, 0) is 25.9 Å². The maximum absolute atomic E-state index is 6.15. The average molecular weight is 304 g/mol. The van der Waals surface area contributed by atoms with Crippen LogP contribution in [0.3, 0.4) is 0 Å². The van der Waals surface area contributed by atoms with Crippen molar-refractivity contribution in [2.45, 2.75) is 63.1 Å². The molecule has 1 aliphatic carbocycles. The predicted octanol–water partition coefficient (Wildman–Crippen LogP) is 3.60. The third-order valence-electron chi connectivity index (χ3n) is 5.46. The van der Waals surface area contributed by atoms with E-state index in [2.05, 4.69) is 24.3 Å². The molecule has 4 heteroatoms. The zero-order valence-corrected chi connectivity index (χ0v) is 13.1. The minimum absolute atomic E-state index is 0.247. The Labute approximate surface area is 131 Å². The van der Waals surface area contributed by atoms with Gasteiger partial charge < -0.3 is 9.47 Å². The maximum Gasteiger partial charge on any atom is 0.198 e. The number of hydrogen-bond acceptors (Lipinski definition) is 4. The van der Waals surface area contributed by atoms with Crippen LogP contribution in [0.5, 0.6) is 0 Å². The van der Waals surface area contributed by atoms with E-state index in [4.69, 9.17) is 19.2 Å². The third-order valence-corrected chi connectivity index (χ3v) is 5.46. The number of benzene rings is 1. The van der Waals surface area contributed by atoms with Gasteiger partial charge in [0.1, 0.15) is 5.60 Å². The highest BCUT2D eigenvalue weighted by atomic mass is 17.2. The van der Waals surface area contributed by atoms with Crippen molar-refractivity contribution in [2.75, 3.05) is 6.61 Å². The number of fused-ring (bicyclic) bond motifs is 3. The second-order valence-electron chi connectivity index (χ2n) is 7.08. The first-order valence-electron chi connectivity index (χ1n) is 8.34. The van der Waals surface area contributed by atoms with Crippen molar-refractivity contribution in [3.63, 3.8) is 0 Å². The van der Waals surface area contributed by atoms with Gasteiger partial charge in [0.15, 0.2) is 5.79 Å². The summed E-state index contributed by atoms with van der Waals surface area (Å²) in [6, 6.07) is 10.4. The summed E-state index contributed by atoms with van der Waals surface area (Å²) >= 11 is 0. The van der Waals surface area contributed by atoms with E-state index in [0.717, 1.165) is 32.1 Å². The van der Waals surface area contributed by atoms with Crippen LogP contribution in [0, 0.1) is 5.92 Å². The molecule has 0 radical (unpaired) electrons. The zero-order chi connectivity index (χ0) is 15.0. The van der Waals surface area contributed by atoms with E-state index < -0.39 is 5.79 Å². The molecule has 3 saturated heterocycles. The van der Waals surface area contributed by atoms with Gasteiger partial charge in [-0.15, -0.1) is 0 Å². The molecule has 4 aliphatic rings. The van der Waals surface area contributed by atoms with Gasteiger partial charge in [0.25, 0.3) is 0 Å². The molecule has 22 heavy (non-hydrogen) atoms. The number of ether oxygens (including phenoxy) is 2. The molecule has 1 aromatic carbocycles. The Bertz CT molecular complexity index is 507. The van der Waals surface area contributed by atoms with Crippen LogP contribution in [0.1, 0.15) is 44.6 Å². The first kappa shape index (κ1) is 14.6. The van der Waals surface area contributed by atoms with E-state index in [-0.39, 0.29) is 5.60 Å². The van der Waals surface area contributed by atoms with Crippen LogP contribution in [0.25, 0.3) is 0 Å². The minimum Gasteiger partial charge on any atom is -0.374 e. The van der Waals surface area contributed by atoms with Crippen molar-refractivity contribution < 1.29 is 19.2 Å². The van der Waals surface area contributed by atoms with E-state index in [1.807, 2.05) is 13.0 Å². The van der Waals surface area contributed by atoms with Gasteiger partial charge in [0.05, 0.1) is 19.3 Å². The molecular formula is C18H24O4. The lowest BCUT2D eigenvalue weighted by molar-refractivity contribution is -0.508. The van der Waals surface area contributed by atoms with Crippen molar-refractivity contribution in [1.29, 1.82) is 0 Å². The first-order valence-corrected chi connectivity index (χ1v) is 8.34. The van der Waals surface area contributed by atoms with E-state index in [0.29, 0.717) is 25.2 Å². The lowest BCUT2D eigenvalue weighted by atomic mass is 9.73. The standard InChI is InChI=1S/C18H24O4/c1-17-9-7-15-11-16(19-12-14-5-3-2-4-6-14)8-10-18(15,13-20-17)22-21-17/h2-6,15-16H,7-13H2,1H3/t15-,16-,17+,18+/m0/s1. The topological polar surface area (TPSA) is 36.9 Å². The smallest absolute Gasteiger partial charge is 0.198 e. The molecule has 4 fully saturated rings. The number of hydrogen-bond donors (Lipinski definition) is 0. The third kappa shape index (κ3) is 2.69. The molecule has 0 amide bonds. The van der Waals surface area contributed by atoms with Crippen molar-refractivity contribution in [2.24, 2.45) is 5.92 Å². The van der Waals surface area contributed by atoms with Crippen molar-refractivity contribution in [3.05, 3.63) is 35.9 Å². The zero-order valence-electron chi connectivity index (χ0n) is 13.1. The van der Waals surface area contributed by atoms with Gasteiger partial charge in [-0.2, -0.15) is 0 Å². The number of rotatable bonds is 3. The Kier molecular flexibility index (Phi) is 3.73. The molecule has 0 unspecified atom stereocenters. The molecule has 3 heterocycles. The second-order valence-corrected chi connectivity index (χ2v) is 7.08. The largest absolute Gasteiger partial charge is 0.374 e. The van der Waals surface area contributed by atoms with Gasteiger partial charge in [-0.3, -0.25) is 0 Å². The van der Waals surface area contributed by atoms with Crippen LogP contribution in [0.4, 0.5) is 0 Å². The highest BCUT2D eigenvalue weighted by Crippen LogP contribution is 2.49. The summed E-state index contributed by atoms with van der Waals surface area (Å²) in [5.74, 6) is -0.0884. The van der Waals surface area contributed by atoms with Crippen molar-refractivity contribution in [1.82, 2.24) is 0 Å². The fraction of sp³-hybridized carbons (Fsp3) is 0.667. The summed E-state index contributed by atoms with van der Waals surface area (Å²) in [7, 11) is 0. The molecule has 2 bridgehead atoms.